The van der Waals surface area contributed by atoms with Gasteiger partial charge in [-0.1, -0.05) is 47.1 Å². The predicted molar refractivity (Wildman–Crippen MR) is 107 cm³/mol. The van der Waals surface area contributed by atoms with Gasteiger partial charge in [-0.25, -0.2) is 4.98 Å². The van der Waals surface area contributed by atoms with Crippen LogP contribution in [0.1, 0.15) is 43.6 Å². The molecule has 2 heterocycles. The Morgan fingerprint density at radius 2 is 1.96 bits per heavy atom. The zero-order valence-corrected chi connectivity index (χ0v) is 16.4. The first kappa shape index (κ1) is 17.3. The van der Waals surface area contributed by atoms with Crippen molar-refractivity contribution in [3.8, 4) is 0 Å². The molecule has 1 aliphatic rings. The second kappa shape index (κ2) is 7.23. The quantitative estimate of drug-likeness (QED) is 0.610. The fourth-order valence-corrected chi connectivity index (χ4v) is 4.09. The van der Waals surface area contributed by atoms with Gasteiger partial charge in [0, 0.05) is 24.0 Å². The Kier molecular flexibility index (Phi) is 4.81. The number of halogens is 1. The molecule has 0 saturated carbocycles. The van der Waals surface area contributed by atoms with Crippen molar-refractivity contribution in [1.29, 1.82) is 0 Å². The lowest BCUT2D eigenvalue weighted by atomic mass is 10.1. The van der Waals surface area contributed by atoms with E-state index in [1.54, 1.807) is 0 Å². The summed E-state index contributed by atoms with van der Waals surface area (Å²) in [5, 5.41) is 0. The van der Waals surface area contributed by atoms with Crippen LogP contribution in [0.3, 0.4) is 0 Å². The third kappa shape index (κ3) is 3.16. The van der Waals surface area contributed by atoms with Crippen molar-refractivity contribution in [2.45, 2.75) is 38.8 Å². The van der Waals surface area contributed by atoms with Gasteiger partial charge in [-0.3, -0.25) is 4.79 Å². The number of nitrogens with zero attached hydrogens (tertiary/aromatic N) is 3. The Morgan fingerprint density at radius 3 is 2.73 bits per heavy atom. The minimum Gasteiger partial charge on any atom is -0.333 e. The average Bonchev–Trinajstić information content (AvgIpc) is 3.28. The maximum absolute atomic E-state index is 12.4. The molecule has 0 N–H and O–H groups in total. The first-order chi connectivity index (χ1) is 12.7. The fraction of sp³-hybridized carbons (Fsp3) is 0.333. The van der Waals surface area contributed by atoms with Gasteiger partial charge in [-0.05, 0) is 42.7 Å². The van der Waals surface area contributed by atoms with E-state index in [1.165, 1.54) is 5.56 Å². The van der Waals surface area contributed by atoms with E-state index < -0.39 is 0 Å². The van der Waals surface area contributed by atoms with E-state index in [1.807, 2.05) is 17.9 Å². The molecular formula is C21H22BrN3O. The van der Waals surface area contributed by atoms with Crippen molar-refractivity contribution in [2.75, 3.05) is 6.54 Å². The minimum atomic E-state index is 0.0744. The Balaban J connectivity index is 1.79. The molecule has 134 valence electrons. The number of carbonyl (C=O) groups is 1. The third-order valence-electron chi connectivity index (χ3n) is 5.11. The van der Waals surface area contributed by atoms with Gasteiger partial charge in [-0.15, -0.1) is 0 Å². The molecule has 1 aliphatic heterocycles. The molecule has 3 aromatic rings. The summed E-state index contributed by atoms with van der Waals surface area (Å²) < 4.78 is 3.36. The van der Waals surface area contributed by atoms with Crippen molar-refractivity contribution >= 4 is 32.9 Å². The standard InChI is InChI=1S/C21H22BrN3O/c1-2-20(26)24-13-5-8-19(24)21-23-17-6-3-4-7-18(17)25(21)14-15-9-11-16(22)12-10-15/h3-4,6-7,9-12,19H,2,5,8,13-14H2,1H3/t19-/m0/s1. The van der Waals surface area contributed by atoms with E-state index in [2.05, 4.69) is 63.0 Å². The van der Waals surface area contributed by atoms with E-state index in [9.17, 15) is 4.79 Å². The van der Waals surface area contributed by atoms with Crippen molar-refractivity contribution in [1.82, 2.24) is 14.5 Å². The number of para-hydroxylation sites is 2. The first-order valence-electron chi connectivity index (χ1n) is 9.16. The summed E-state index contributed by atoms with van der Waals surface area (Å²) in [6.45, 7) is 3.52. The molecule has 0 bridgehead atoms. The maximum Gasteiger partial charge on any atom is 0.222 e. The summed E-state index contributed by atoms with van der Waals surface area (Å²) in [4.78, 5) is 19.4. The number of hydrogen-bond donors (Lipinski definition) is 0. The van der Waals surface area contributed by atoms with Crippen LogP contribution in [-0.2, 0) is 11.3 Å². The zero-order chi connectivity index (χ0) is 18.1. The van der Waals surface area contributed by atoms with Crippen molar-refractivity contribution in [3.05, 3.63) is 64.4 Å². The number of hydrogen-bond acceptors (Lipinski definition) is 2. The SMILES string of the molecule is CCC(=O)N1CCC[C@H]1c1nc2ccccc2n1Cc1ccc(Br)cc1. The van der Waals surface area contributed by atoms with Gasteiger partial charge >= 0.3 is 0 Å². The number of rotatable bonds is 4. The smallest absolute Gasteiger partial charge is 0.222 e. The first-order valence-corrected chi connectivity index (χ1v) is 9.95. The van der Waals surface area contributed by atoms with Gasteiger partial charge in [0.1, 0.15) is 5.82 Å². The number of aromatic nitrogens is 2. The van der Waals surface area contributed by atoms with E-state index in [0.29, 0.717) is 6.42 Å². The monoisotopic (exact) mass is 411 g/mol. The molecule has 5 heteroatoms. The molecule has 1 amide bonds. The number of benzene rings is 2. The van der Waals surface area contributed by atoms with Gasteiger partial charge in [0.05, 0.1) is 17.1 Å². The van der Waals surface area contributed by atoms with E-state index in [4.69, 9.17) is 4.98 Å². The zero-order valence-electron chi connectivity index (χ0n) is 14.9. The molecular weight excluding hydrogens is 390 g/mol. The number of likely N-dealkylation sites (tertiary alicyclic amines) is 1. The van der Waals surface area contributed by atoms with E-state index >= 15 is 0 Å². The Bertz CT molecular complexity index is 932. The van der Waals surface area contributed by atoms with Crippen LogP contribution in [0.4, 0.5) is 0 Å². The molecule has 0 aliphatic carbocycles. The van der Waals surface area contributed by atoms with Crippen LogP contribution in [-0.4, -0.2) is 26.9 Å². The third-order valence-corrected chi connectivity index (χ3v) is 5.64. The number of amides is 1. The van der Waals surface area contributed by atoms with Crippen LogP contribution >= 0.6 is 15.9 Å². The van der Waals surface area contributed by atoms with Crippen LogP contribution in [0.5, 0.6) is 0 Å². The molecule has 1 atom stereocenters. The topological polar surface area (TPSA) is 38.1 Å². The van der Waals surface area contributed by atoms with Gasteiger partial charge in [0.15, 0.2) is 0 Å². The maximum atomic E-state index is 12.4. The highest BCUT2D eigenvalue weighted by molar-refractivity contribution is 9.10. The van der Waals surface area contributed by atoms with Gasteiger partial charge in [-0.2, -0.15) is 0 Å². The number of carbonyl (C=O) groups excluding carboxylic acids is 1. The second-order valence-electron chi connectivity index (χ2n) is 6.77. The summed E-state index contributed by atoms with van der Waals surface area (Å²) in [6.07, 6.45) is 2.57. The van der Waals surface area contributed by atoms with Crippen molar-refractivity contribution in [3.63, 3.8) is 0 Å². The van der Waals surface area contributed by atoms with Gasteiger partial charge < -0.3 is 9.47 Å². The van der Waals surface area contributed by atoms with Gasteiger partial charge in [0.25, 0.3) is 0 Å². The lowest BCUT2D eigenvalue weighted by Crippen LogP contribution is -2.31. The molecule has 1 aromatic heterocycles. The van der Waals surface area contributed by atoms with Crippen LogP contribution in [0.25, 0.3) is 11.0 Å². The van der Waals surface area contributed by atoms with Crippen molar-refractivity contribution < 1.29 is 4.79 Å². The second-order valence-corrected chi connectivity index (χ2v) is 7.69. The molecule has 26 heavy (non-hydrogen) atoms. The van der Waals surface area contributed by atoms with Crippen LogP contribution in [0.15, 0.2) is 53.0 Å². The van der Waals surface area contributed by atoms with Crippen molar-refractivity contribution in [2.24, 2.45) is 0 Å². The lowest BCUT2D eigenvalue weighted by molar-refractivity contribution is -0.131. The Morgan fingerprint density at radius 1 is 1.19 bits per heavy atom. The molecule has 1 saturated heterocycles. The summed E-state index contributed by atoms with van der Waals surface area (Å²) in [5.74, 6) is 1.23. The highest BCUT2D eigenvalue weighted by atomic mass is 79.9. The van der Waals surface area contributed by atoms with Crippen LogP contribution < -0.4 is 0 Å². The molecule has 0 spiro atoms. The normalized spacial score (nSPS) is 17.2. The minimum absolute atomic E-state index is 0.0744. The molecule has 0 radical (unpaired) electrons. The largest absolute Gasteiger partial charge is 0.333 e. The molecule has 1 fully saturated rings. The fourth-order valence-electron chi connectivity index (χ4n) is 3.82. The Labute approximate surface area is 162 Å². The average molecular weight is 412 g/mol. The summed E-state index contributed by atoms with van der Waals surface area (Å²) >= 11 is 3.50. The highest BCUT2D eigenvalue weighted by Gasteiger charge is 2.32. The summed E-state index contributed by atoms with van der Waals surface area (Å²) in [7, 11) is 0. The molecule has 4 rings (SSSR count). The van der Waals surface area contributed by atoms with E-state index in [0.717, 1.165) is 47.3 Å². The molecule has 2 aromatic carbocycles. The lowest BCUT2D eigenvalue weighted by Gasteiger charge is -2.25. The predicted octanol–water partition coefficient (Wildman–Crippen LogP) is 4.92. The number of imidazole rings is 1. The molecule has 0 unspecified atom stereocenters. The number of fused-ring (bicyclic) bond motifs is 1. The summed E-state index contributed by atoms with van der Waals surface area (Å²) in [5.41, 5.74) is 3.35. The highest BCUT2D eigenvalue weighted by Crippen LogP contribution is 2.34. The van der Waals surface area contributed by atoms with E-state index in [-0.39, 0.29) is 11.9 Å². The van der Waals surface area contributed by atoms with Gasteiger partial charge in [0.2, 0.25) is 5.91 Å². The van der Waals surface area contributed by atoms with Crippen LogP contribution in [0.2, 0.25) is 0 Å². The Hall–Kier alpha value is -2.14. The summed E-state index contributed by atoms with van der Waals surface area (Å²) in [6, 6.07) is 16.7. The molecule has 4 nitrogen and oxygen atoms in total. The van der Waals surface area contributed by atoms with Crippen LogP contribution in [0, 0.1) is 0 Å².